The van der Waals surface area contributed by atoms with Gasteiger partial charge in [0.05, 0.1) is 5.41 Å². The van der Waals surface area contributed by atoms with E-state index in [1.165, 1.54) is 25.7 Å². The zero-order valence-corrected chi connectivity index (χ0v) is 18.4. The number of amides is 2. The summed E-state index contributed by atoms with van der Waals surface area (Å²) < 4.78 is 5.17. The minimum atomic E-state index is -0.483. The SMILES string of the molecule is COCCCN1CCC2(CC1)C(=O)N(C)c1ccc(C(=O)NCC3CCCC3)cc12. The van der Waals surface area contributed by atoms with Gasteiger partial charge in [0.2, 0.25) is 5.91 Å². The standard InChI is InChI=1S/C24H35N3O3/c1-26-21-9-8-19(22(28)25-17-18-6-3-4-7-18)16-20(21)24(23(26)29)10-13-27(14-11-24)12-5-15-30-2/h8-9,16,18H,3-7,10-15,17H2,1-2H3,(H,25,28). The number of nitrogens with zero attached hydrogens (tertiary/aromatic N) is 2. The van der Waals surface area contributed by atoms with Crippen LogP contribution in [0.4, 0.5) is 5.69 Å². The Bertz CT molecular complexity index is 780. The van der Waals surface area contributed by atoms with Crippen LogP contribution < -0.4 is 10.2 Å². The molecule has 6 heteroatoms. The highest BCUT2D eigenvalue weighted by atomic mass is 16.5. The number of carbonyl (C=O) groups is 2. The molecule has 2 heterocycles. The molecule has 1 N–H and O–H groups in total. The lowest BCUT2D eigenvalue weighted by molar-refractivity contribution is -0.124. The van der Waals surface area contributed by atoms with Crippen LogP contribution in [-0.4, -0.2) is 63.7 Å². The number of hydrogen-bond acceptors (Lipinski definition) is 4. The molecule has 6 nitrogen and oxygen atoms in total. The van der Waals surface area contributed by atoms with E-state index in [9.17, 15) is 9.59 Å². The summed E-state index contributed by atoms with van der Waals surface area (Å²) in [6.45, 7) is 4.34. The Labute approximate surface area is 179 Å². The maximum Gasteiger partial charge on any atom is 0.251 e. The first kappa shape index (κ1) is 21.3. The number of anilines is 1. The number of fused-ring (bicyclic) bond motifs is 2. The van der Waals surface area contributed by atoms with Crippen LogP contribution >= 0.6 is 0 Å². The van der Waals surface area contributed by atoms with E-state index in [-0.39, 0.29) is 11.8 Å². The summed E-state index contributed by atoms with van der Waals surface area (Å²) in [5.41, 5.74) is 2.20. The first-order valence-corrected chi connectivity index (χ1v) is 11.5. The fourth-order valence-electron chi connectivity index (χ4n) is 5.53. The van der Waals surface area contributed by atoms with E-state index in [2.05, 4.69) is 10.2 Å². The predicted octanol–water partition coefficient (Wildman–Crippen LogP) is 2.95. The van der Waals surface area contributed by atoms with Crippen molar-refractivity contribution < 1.29 is 14.3 Å². The monoisotopic (exact) mass is 413 g/mol. The van der Waals surface area contributed by atoms with Gasteiger partial charge in [0, 0.05) is 45.1 Å². The van der Waals surface area contributed by atoms with Gasteiger partial charge < -0.3 is 19.9 Å². The van der Waals surface area contributed by atoms with Gasteiger partial charge in [-0.25, -0.2) is 0 Å². The van der Waals surface area contributed by atoms with Gasteiger partial charge in [-0.2, -0.15) is 0 Å². The number of benzene rings is 1. The fraction of sp³-hybridized carbons (Fsp3) is 0.667. The number of ether oxygens (including phenoxy) is 1. The van der Waals surface area contributed by atoms with Gasteiger partial charge in [0.1, 0.15) is 0 Å². The highest BCUT2D eigenvalue weighted by molar-refractivity contribution is 6.09. The molecule has 1 aromatic carbocycles. The molecule has 4 rings (SSSR count). The van der Waals surface area contributed by atoms with E-state index < -0.39 is 5.41 Å². The molecule has 0 aromatic heterocycles. The lowest BCUT2D eigenvalue weighted by Crippen LogP contribution is -2.48. The third kappa shape index (κ3) is 4.00. The molecule has 3 aliphatic rings. The molecular weight excluding hydrogens is 378 g/mol. The quantitative estimate of drug-likeness (QED) is 0.698. The second kappa shape index (κ2) is 9.06. The van der Waals surface area contributed by atoms with Crippen molar-refractivity contribution in [3.8, 4) is 0 Å². The zero-order chi connectivity index (χ0) is 21.1. The van der Waals surface area contributed by atoms with Crippen LogP contribution in [0.1, 0.15) is 60.9 Å². The van der Waals surface area contributed by atoms with Crippen molar-refractivity contribution in [3.63, 3.8) is 0 Å². The molecular formula is C24H35N3O3. The molecule has 0 unspecified atom stereocenters. The first-order chi connectivity index (χ1) is 14.5. The van der Waals surface area contributed by atoms with Crippen molar-refractivity contribution in [2.24, 2.45) is 5.92 Å². The first-order valence-electron chi connectivity index (χ1n) is 11.5. The molecule has 1 aromatic rings. The van der Waals surface area contributed by atoms with Gasteiger partial charge in [0.25, 0.3) is 5.91 Å². The number of rotatable bonds is 7. The van der Waals surface area contributed by atoms with Crippen LogP contribution in [0.25, 0.3) is 0 Å². The van der Waals surface area contributed by atoms with Gasteiger partial charge in [-0.15, -0.1) is 0 Å². The molecule has 1 spiro atoms. The Morgan fingerprint density at radius 1 is 1.23 bits per heavy atom. The predicted molar refractivity (Wildman–Crippen MR) is 118 cm³/mol. The van der Waals surface area contributed by atoms with Crippen molar-refractivity contribution in [2.75, 3.05) is 51.8 Å². The number of likely N-dealkylation sites (N-methyl/N-ethyl adjacent to an activating group) is 1. The van der Waals surface area contributed by atoms with Crippen molar-refractivity contribution in [2.45, 2.75) is 50.4 Å². The van der Waals surface area contributed by atoms with E-state index in [0.717, 1.165) is 63.3 Å². The number of methoxy groups -OCH3 is 1. The van der Waals surface area contributed by atoms with Crippen LogP contribution in [0.15, 0.2) is 18.2 Å². The minimum Gasteiger partial charge on any atom is -0.385 e. The summed E-state index contributed by atoms with van der Waals surface area (Å²) in [7, 11) is 3.59. The molecule has 0 radical (unpaired) electrons. The van der Waals surface area contributed by atoms with Crippen molar-refractivity contribution in [1.82, 2.24) is 10.2 Å². The minimum absolute atomic E-state index is 0.0150. The molecule has 2 amide bonds. The fourth-order valence-corrected chi connectivity index (χ4v) is 5.53. The Morgan fingerprint density at radius 3 is 2.67 bits per heavy atom. The summed E-state index contributed by atoms with van der Waals surface area (Å²) in [5, 5.41) is 3.12. The highest BCUT2D eigenvalue weighted by Gasteiger charge is 2.51. The molecule has 0 bridgehead atoms. The zero-order valence-electron chi connectivity index (χ0n) is 18.4. The normalized spacial score (nSPS) is 21.4. The molecule has 1 saturated carbocycles. The van der Waals surface area contributed by atoms with Crippen LogP contribution in [0, 0.1) is 5.92 Å². The third-order valence-electron chi connectivity index (χ3n) is 7.41. The largest absolute Gasteiger partial charge is 0.385 e. The van der Waals surface area contributed by atoms with E-state index in [1.54, 1.807) is 12.0 Å². The van der Waals surface area contributed by atoms with Crippen LogP contribution in [-0.2, 0) is 14.9 Å². The van der Waals surface area contributed by atoms with Gasteiger partial charge in [0.15, 0.2) is 0 Å². The van der Waals surface area contributed by atoms with Gasteiger partial charge in [-0.05, 0) is 74.9 Å². The molecule has 164 valence electrons. The Morgan fingerprint density at radius 2 is 1.97 bits per heavy atom. The smallest absolute Gasteiger partial charge is 0.251 e. The van der Waals surface area contributed by atoms with Crippen LogP contribution in [0.3, 0.4) is 0 Å². The maximum absolute atomic E-state index is 13.3. The molecule has 1 aliphatic carbocycles. The second-order valence-corrected chi connectivity index (χ2v) is 9.23. The summed E-state index contributed by atoms with van der Waals surface area (Å²) in [4.78, 5) is 30.3. The highest BCUT2D eigenvalue weighted by Crippen LogP contribution is 2.47. The van der Waals surface area contributed by atoms with Crippen molar-refractivity contribution in [1.29, 1.82) is 0 Å². The summed E-state index contributed by atoms with van der Waals surface area (Å²) >= 11 is 0. The Kier molecular flexibility index (Phi) is 6.44. The van der Waals surface area contributed by atoms with Crippen molar-refractivity contribution in [3.05, 3.63) is 29.3 Å². The Hall–Kier alpha value is -1.92. The third-order valence-corrected chi connectivity index (χ3v) is 7.41. The van der Waals surface area contributed by atoms with E-state index in [0.29, 0.717) is 11.5 Å². The average Bonchev–Trinajstić information content (AvgIpc) is 3.36. The number of hydrogen-bond donors (Lipinski definition) is 1. The molecule has 0 atom stereocenters. The van der Waals surface area contributed by atoms with E-state index >= 15 is 0 Å². The number of carbonyl (C=O) groups excluding carboxylic acids is 2. The molecule has 30 heavy (non-hydrogen) atoms. The average molecular weight is 414 g/mol. The molecule has 1 saturated heterocycles. The number of likely N-dealkylation sites (tertiary alicyclic amines) is 1. The lowest BCUT2D eigenvalue weighted by atomic mass is 9.73. The molecule has 2 aliphatic heterocycles. The van der Waals surface area contributed by atoms with E-state index in [4.69, 9.17) is 4.74 Å². The van der Waals surface area contributed by atoms with Crippen LogP contribution in [0.2, 0.25) is 0 Å². The summed E-state index contributed by atoms with van der Waals surface area (Å²) in [6, 6.07) is 5.81. The number of piperidine rings is 1. The topological polar surface area (TPSA) is 61.9 Å². The van der Waals surface area contributed by atoms with Crippen molar-refractivity contribution >= 4 is 17.5 Å². The van der Waals surface area contributed by atoms with Gasteiger partial charge in [-0.3, -0.25) is 9.59 Å². The number of nitrogens with one attached hydrogen (secondary N) is 1. The summed E-state index contributed by atoms with van der Waals surface area (Å²) in [5.74, 6) is 0.779. The molecule has 2 fully saturated rings. The van der Waals surface area contributed by atoms with Gasteiger partial charge >= 0.3 is 0 Å². The maximum atomic E-state index is 13.3. The lowest BCUT2D eigenvalue weighted by Gasteiger charge is -2.38. The second-order valence-electron chi connectivity index (χ2n) is 9.23. The van der Waals surface area contributed by atoms with Gasteiger partial charge in [-0.1, -0.05) is 12.8 Å². The Balaban J connectivity index is 1.48. The van der Waals surface area contributed by atoms with E-state index in [1.807, 2.05) is 25.2 Å². The van der Waals surface area contributed by atoms with Crippen LogP contribution in [0.5, 0.6) is 0 Å². The summed E-state index contributed by atoms with van der Waals surface area (Å²) in [6.07, 6.45) is 7.62.